The SMILES string of the molecule is C=CC(O)N1CCC2(CC(n3nc(-c4ccc(OCCC)cc4)c(C(N)=O)c3N)C2)C1. The van der Waals surface area contributed by atoms with Gasteiger partial charge in [0.05, 0.1) is 12.6 Å². The van der Waals surface area contributed by atoms with Crippen LogP contribution in [0.5, 0.6) is 5.75 Å². The van der Waals surface area contributed by atoms with Gasteiger partial charge in [0, 0.05) is 18.7 Å². The van der Waals surface area contributed by atoms with Gasteiger partial charge in [0.15, 0.2) is 0 Å². The van der Waals surface area contributed by atoms with Gasteiger partial charge in [-0.3, -0.25) is 9.69 Å². The number of benzene rings is 1. The lowest BCUT2D eigenvalue weighted by Crippen LogP contribution is -2.43. The third-order valence-electron chi connectivity index (χ3n) is 6.53. The number of rotatable bonds is 8. The number of amides is 1. The number of aromatic nitrogens is 2. The smallest absolute Gasteiger partial charge is 0.254 e. The minimum atomic E-state index is -0.606. The van der Waals surface area contributed by atoms with Crippen LogP contribution in [0, 0.1) is 5.41 Å². The third-order valence-corrected chi connectivity index (χ3v) is 6.53. The highest BCUT2D eigenvalue weighted by Crippen LogP contribution is 2.55. The van der Waals surface area contributed by atoms with E-state index >= 15 is 0 Å². The van der Waals surface area contributed by atoms with Crippen molar-refractivity contribution in [3.8, 4) is 17.0 Å². The number of hydrogen-bond donors (Lipinski definition) is 3. The van der Waals surface area contributed by atoms with Gasteiger partial charge in [-0.05, 0) is 61.4 Å². The molecule has 0 radical (unpaired) electrons. The molecule has 1 aliphatic heterocycles. The maximum Gasteiger partial charge on any atom is 0.254 e. The summed E-state index contributed by atoms with van der Waals surface area (Å²) in [6.07, 6.45) is 4.71. The molecule has 1 aromatic carbocycles. The molecular formula is C23H31N5O3. The summed E-state index contributed by atoms with van der Waals surface area (Å²) >= 11 is 0. The summed E-state index contributed by atoms with van der Waals surface area (Å²) in [6.45, 7) is 8.05. The Hall–Kier alpha value is -2.84. The molecule has 31 heavy (non-hydrogen) atoms. The number of nitrogens with zero attached hydrogens (tertiary/aromatic N) is 3. The number of aliphatic hydroxyl groups excluding tert-OH is 1. The predicted molar refractivity (Wildman–Crippen MR) is 119 cm³/mol. The molecule has 166 valence electrons. The first-order valence-corrected chi connectivity index (χ1v) is 10.8. The van der Waals surface area contributed by atoms with Crippen molar-refractivity contribution in [3.05, 3.63) is 42.5 Å². The summed E-state index contributed by atoms with van der Waals surface area (Å²) in [6, 6.07) is 7.58. The molecule has 1 unspecified atom stereocenters. The van der Waals surface area contributed by atoms with Crippen molar-refractivity contribution in [1.82, 2.24) is 14.7 Å². The largest absolute Gasteiger partial charge is 0.494 e. The Morgan fingerprint density at radius 1 is 1.42 bits per heavy atom. The van der Waals surface area contributed by atoms with Crippen LogP contribution >= 0.6 is 0 Å². The Labute approximate surface area is 182 Å². The van der Waals surface area contributed by atoms with Crippen LogP contribution in [0.2, 0.25) is 0 Å². The summed E-state index contributed by atoms with van der Waals surface area (Å²) in [5.41, 5.74) is 13.7. The van der Waals surface area contributed by atoms with E-state index in [9.17, 15) is 9.90 Å². The molecule has 8 heteroatoms. The van der Waals surface area contributed by atoms with Crippen molar-refractivity contribution in [1.29, 1.82) is 0 Å². The highest BCUT2D eigenvalue weighted by molar-refractivity contribution is 6.03. The number of likely N-dealkylation sites (tertiary alicyclic amines) is 1. The average Bonchev–Trinajstić information content (AvgIpc) is 3.33. The molecule has 1 aliphatic carbocycles. The molecule has 1 spiro atoms. The lowest BCUT2D eigenvalue weighted by atomic mass is 9.65. The topological polar surface area (TPSA) is 120 Å². The lowest BCUT2D eigenvalue weighted by Gasteiger charge is -2.45. The molecule has 8 nitrogen and oxygen atoms in total. The summed E-state index contributed by atoms with van der Waals surface area (Å²) in [7, 11) is 0. The maximum atomic E-state index is 12.2. The van der Waals surface area contributed by atoms with Crippen LogP contribution in [0.1, 0.15) is 49.0 Å². The molecular weight excluding hydrogens is 394 g/mol. The summed E-state index contributed by atoms with van der Waals surface area (Å²) in [5.74, 6) is 0.502. The highest BCUT2D eigenvalue weighted by Gasteiger charge is 2.50. The fraction of sp³-hybridized carbons (Fsp3) is 0.478. The minimum absolute atomic E-state index is 0.111. The first-order valence-electron chi connectivity index (χ1n) is 10.8. The van der Waals surface area contributed by atoms with E-state index < -0.39 is 12.1 Å². The summed E-state index contributed by atoms with van der Waals surface area (Å²) in [4.78, 5) is 14.2. The van der Waals surface area contributed by atoms with E-state index in [0.717, 1.165) is 50.1 Å². The molecule has 1 aromatic heterocycles. The quantitative estimate of drug-likeness (QED) is 0.559. The lowest BCUT2D eigenvalue weighted by molar-refractivity contribution is 0.0191. The van der Waals surface area contributed by atoms with Crippen molar-refractivity contribution in [3.63, 3.8) is 0 Å². The standard InChI is InChI=1S/C23H31N5O3/c1-3-11-31-17-7-5-15(6-8-17)20-19(22(25)30)21(24)28(26-20)16-12-23(13-16)9-10-27(14-23)18(29)4-2/h4-8,16,18,29H,2-3,9-14,24H2,1H3,(H2,25,30). The average molecular weight is 426 g/mol. The zero-order valence-electron chi connectivity index (χ0n) is 18.0. The van der Waals surface area contributed by atoms with E-state index in [1.54, 1.807) is 10.8 Å². The van der Waals surface area contributed by atoms with Gasteiger partial charge in [-0.25, -0.2) is 4.68 Å². The fourth-order valence-electron chi connectivity index (χ4n) is 4.89. The number of primary amides is 1. The number of nitrogens with two attached hydrogens (primary N) is 2. The van der Waals surface area contributed by atoms with Gasteiger partial charge < -0.3 is 21.3 Å². The van der Waals surface area contributed by atoms with Crippen LogP contribution in [0.15, 0.2) is 36.9 Å². The molecule has 2 fully saturated rings. The van der Waals surface area contributed by atoms with Crippen LogP contribution < -0.4 is 16.2 Å². The molecule has 0 bridgehead atoms. The first kappa shape index (κ1) is 21.4. The number of nitrogen functional groups attached to an aromatic ring is 1. The van der Waals surface area contributed by atoms with Gasteiger partial charge in [0.25, 0.3) is 5.91 Å². The molecule has 4 rings (SSSR count). The summed E-state index contributed by atoms with van der Waals surface area (Å²) in [5, 5.41) is 14.8. The molecule has 2 aliphatic rings. The Morgan fingerprint density at radius 3 is 2.74 bits per heavy atom. The monoisotopic (exact) mass is 425 g/mol. The molecule has 1 amide bonds. The van der Waals surface area contributed by atoms with Gasteiger partial charge in [0.1, 0.15) is 29.1 Å². The molecule has 2 aromatic rings. The van der Waals surface area contributed by atoms with Crippen LogP contribution in [0.3, 0.4) is 0 Å². The second kappa shape index (κ2) is 8.36. The van der Waals surface area contributed by atoms with Gasteiger partial charge in [-0.1, -0.05) is 13.5 Å². The van der Waals surface area contributed by atoms with E-state index in [-0.39, 0.29) is 17.0 Å². The first-order chi connectivity index (χ1) is 14.9. The molecule has 1 saturated carbocycles. The number of carbonyl (C=O) groups excluding carboxylic acids is 1. The predicted octanol–water partition coefficient (Wildman–Crippen LogP) is 2.55. The van der Waals surface area contributed by atoms with E-state index in [0.29, 0.717) is 18.1 Å². The number of carbonyl (C=O) groups is 1. The zero-order chi connectivity index (χ0) is 22.2. The van der Waals surface area contributed by atoms with Crippen LogP contribution in [0.25, 0.3) is 11.3 Å². The second-order valence-electron chi connectivity index (χ2n) is 8.72. The highest BCUT2D eigenvalue weighted by atomic mass is 16.5. The van der Waals surface area contributed by atoms with E-state index in [2.05, 4.69) is 13.5 Å². The second-order valence-corrected chi connectivity index (χ2v) is 8.72. The number of aliphatic hydroxyl groups is 1. The zero-order valence-corrected chi connectivity index (χ0v) is 18.0. The van der Waals surface area contributed by atoms with Crippen LogP contribution in [-0.2, 0) is 0 Å². The Balaban J connectivity index is 1.54. The fourth-order valence-corrected chi connectivity index (χ4v) is 4.89. The Morgan fingerprint density at radius 2 is 2.13 bits per heavy atom. The van der Waals surface area contributed by atoms with Crippen LogP contribution in [-0.4, -0.2) is 51.6 Å². The molecule has 5 N–H and O–H groups in total. The van der Waals surface area contributed by atoms with Gasteiger partial charge in [-0.15, -0.1) is 0 Å². The third kappa shape index (κ3) is 3.93. The van der Waals surface area contributed by atoms with E-state index in [1.807, 2.05) is 29.2 Å². The summed E-state index contributed by atoms with van der Waals surface area (Å²) < 4.78 is 7.39. The van der Waals surface area contributed by atoms with Crippen molar-refractivity contribution in [2.24, 2.45) is 11.1 Å². The number of anilines is 1. The Bertz CT molecular complexity index is 962. The van der Waals surface area contributed by atoms with Gasteiger partial charge >= 0.3 is 0 Å². The van der Waals surface area contributed by atoms with Crippen molar-refractivity contribution >= 4 is 11.7 Å². The minimum Gasteiger partial charge on any atom is -0.494 e. The van der Waals surface area contributed by atoms with Crippen molar-refractivity contribution in [2.45, 2.75) is 44.9 Å². The van der Waals surface area contributed by atoms with Gasteiger partial charge in [-0.2, -0.15) is 5.10 Å². The molecule has 1 saturated heterocycles. The molecule has 1 atom stereocenters. The Kier molecular flexibility index (Phi) is 5.77. The maximum absolute atomic E-state index is 12.2. The van der Waals surface area contributed by atoms with Gasteiger partial charge in [0.2, 0.25) is 0 Å². The molecule has 2 heterocycles. The normalized spacial score (nSPS) is 24.1. The van der Waals surface area contributed by atoms with Crippen molar-refractivity contribution < 1.29 is 14.6 Å². The van der Waals surface area contributed by atoms with E-state index in [1.165, 1.54) is 0 Å². The van der Waals surface area contributed by atoms with E-state index in [4.69, 9.17) is 21.3 Å². The number of hydrogen-bond acceptors (Lipinski definition) is 6. The van der Waals surface area contributed by atoms with Crippen molar-refractivity contribution in [2.75, 3.05) is 25.4 Å². The number of ether oxygens (including phenoxy) is 1. The van der Waals surface area contributed by atoms with Crippen LogP contribution in [0.4, 0.5) is 5.82 Å².